The summed E-state index contributed by atoms with van der Waals surface area (Å²) in [5, 5.41) is 0. The molecule has 8 nitrogen and oxygen atoms in total. The zero-order valence-corrected chi connectivity index (χ0v) is 19.3. The molecule has 1 atom stereocenters. The van der Waals surface area contributed by atoms with Crippen molar-refractivity contribution in [2.24, 2.45) is 7.05 Å². The fourth-order valence-electron chi connectivity index (χ4n) is 4.50. The summed E-state index contributed by atoms with van der Waals surface area (Å²) in [6, 6.07) is 11.4. The fourth-order valence-corrected chi connectivity index (χ4v) is 4.50. The number of aryl methyl sites for hydroxylation is 1. The topological polar surface area (TPSA) is 86.0 Å². The second-order valence-electron chi connectivity index (χ2n) is 8.37. The lowest BCUT2D eigenvalue weighted by molar-refractivity contribution is 0.0732. The van der Waals surface area contributed by atoms with E-state index in [0.717, 1.165) is 41.4 Å². The Morgan fingerprint density at radius 3 is 2.85 bits per heavy atom. The summed E-state index contributed by atoms with van der Waals surface area (Å²) in [6.45, 7) is 0.683. The first-order valence-electron chi connectivity index (χ1n) is 11.3. The number of para-hydroxylation sites is 1. The van der Waals surface area contributed by atoms with Crippen molar-refractivity contribution >= 4 is 5.91 Å². The van der Waals surface area contributed by atoms with Gasteiger partial charge in [0.1, 0.15) is 11.4 Å². The molecule has 1 aliphatic rings. The number of benzene rings is 1. The minimum absolute atomic E-state index is 0.0182. The summed E-state index contributed by atoms with van der Waals surface area (Å²) in [5.74, 6) is 1.54. The number of likely N-dealkylation sites (tertiary alicyclic amines) is 1. The minimum Gasteiger partial charge on any atom is -0.496 e. The molecule has 4 aromatic rings. The highest BCUT2D eigenvalue weighted by atomic mass is 16.5. The number of carbonyl (C=O) groups is 1. The molecule has 1 aromatic carbocycles. The van der Waals surface area contributed by atoms with Crippen LogP contribution in [0.4, 0.5) is 0 Å². The van der Waals surface area contributed by atoms with Crippen molar-refractivity contribution in [3.05, 3.63) is 89.9 Å². The molecule has 4 heterocycles. The van der Waals surface area contributed by atoms with E-state index in [2.05, 4.69) is 15.0 Å². The van der Waals surface area contributed by atoms with Gasteiger partial charge in [0.2, 0.25) is 0 Å². The molecule has 0 aliphatic carbocycles. The number of amides is 1. The van der Waals surface area contributed by atoms with Gasteiger partial charge in [0, 0.05) is 55.4 Å². The Balaban J connectivity index is 1.39. The first-order chi connectivity index (χ1) is 16.6. The molecule has 0 saturated carbocycles. The maximum absolute atomic E-state index is 13.5. The number of pyridine rings is 1. The van der Waals surface area contributed by atoms with Crippen LogP contribution in [0.2, 0.25) is 0 Å². The van der Waals surface area contributed by atoms with Crippen LogP contribution in [0.1, 0.15) is 46.2 Å². The molecule has 1 aliphatic heterocycles. The molecule has 5 rings (SSSR count). The van der Waals surface area contributed by atoms with Gasteiger partial charge in [-0.2, -0.15) is 0 Å². The summed E-state index contributed by atoms with van der Waals surface area (Å²) < 4.78 is 7.37. The number of rotatable bonds is 6. The SMILES string of the molecule is COc1ccccc1Cc1cc(C(=O)N2CCCC2c2cncc(-c3nccn3C)n2)ccn1. The van der Waals surface area contributed by atoms with Crippen LogP contribution in [-0.2, 0) is 13.5 Å². The van der Waals surface area contributed by atoms with Crippen molar-refractivity contribution in [3.8, 4) is 17.3 Å². The van der Waals surface area contributed by atoms with Gasteiger partial charge >= 0.3 is 0 Å². The lowest BCUT2D eigenvalue weighted by atomic mass is 10.1. The molecular weight excluding hydrogens is 428 g/mol. The zero-order chi connectivity index (χ0) is 23.5. The molecule has 3 aromatic heterocycles. The van der Waals surface area contributed by atoms with Gasteiger partial charge < -0.3 is 14.2 Å². The van der Waals surface area contributed by atoms with E-state index in [1.807, 2.05) is 53.0 Å². The molecule has 1 unspecified atom stereocenters. The molecule has 0 spiro atoms. The second kappa shape index (κ2) is 9.43. The summed E-state index contributed by atoms with van der Waals surface area (Å²) in [7, 11) is 3.58. The van der Waals surface area contributed by atoms with Crippen molar-refractivity contribution in [2.75, 3.05) is 13.7 Å². The number of aromatic nitrogens is 5. The number of carbonyl (C=O) groups excluding carboxylic acids is 1. The molecule has 0 radical (unpaired) electrons. The normalized spacial score (nSPS) is 15.5. The maximum Gasteiger partial charge on any atom is 0.254 e. The molecular formula is C26H26N6O2. The van der Waals surface area contributed by atoms with Crippen molar-refractivity contribution in [1.29, 1.82) is 0 Å². The van der Waals surface area contributed by atoms with Gasteiger partial charge in [0.15, 0.2) is 5.82 Å². The Morgan fingerprint density at radius 1 is 1.15 bits per heavy atom. The second-order valence-corrected chi connectivity index (χ2v) is 8.37. The predicted molar refractivity (Wildman–Crippen MR) is 127 cm³/mol. The van der Waals surface area contributed by atoms with E-state index in [1.165, 1.54) is 0 Å². The zero-order valence-electron chi connectivity index (χ0n) is 19.3. The molecule has 34 heavy (non-hydrogen) atoms. The molecule has 0 bridgehead atoms. The average molecular weight is 455 g/mol. The summed E-state index contributed by atoms with van der Waals surface area (Å²) in [6.07, 6.45) is 11.1. The van der Waals surface area contributed by atoms with Crippen molar-refractivity contribution in [2.45, 2.75) is 25.3 Å². The van der Waals surface area contributed by atoms with E-state index in [1.54, 1.807) is 38.0 Å². The third-order valence-electron chi connectivity index (χ3n) is 6.19. The molecule has 0 N–H and O–H groups in total. The standard InChI is InChI=1S/C26H26N6O2/c1-31-13-11-29-25(31)22-17-27-16-21(30-22)23-7-5-12-32(23)26(33)19-9-10-28-20(15-19)14-18-6-3-4-8-24(18)34-2/h3-4,6,8-11,13,15-17,23H,5,7,12,14H2,1-2H3. The highest BCUT2D eigenvalue weighted by molar-refractivity contribution is 5.94. The number of nitrogens with zero attached hydrogens (tertiary/aromatic N) is 6. The monoisotopic (exact) mass is 454 g/mol. The van der Waals surface area contributed by atoms with Crippen LogP contribution in [0.25, 0.3) is 11.5 Å². The lowest BCUT2D eigenvalue weighted by Crippen LogP contribution is -2.31. The largest absolute Gasteiger partial charge is 0.496 e. The maximum atomic E-state index is 13.5. The molecule has 8 heteroatoms. The first kappa shape index (κ1) is 21.8. The summed E-state index contributed by atoms with van der Waals surface area (Å²) in [4.78, 5) is 33.5. The summed E-state index contributed by atoms with van der Waals surface area (Å²) in [5.41, 5.74) is 3.96. The van der Waals surface area contributed by atoms with Crippen LogP contribution in [0.3, 0.4) is 0 Å². The Labute approximate surface area is 198 Å². The number of hydrogen-bond acceptors (Lipinski definition) is 6. The van der Waals surface area contributed by atoms with E-state index >= 15 is 0 Å². The van der Waals surface area contributed by atoms with Gasteiger partial charge in [0.25, 0.3) is 5.91 Å². The Kier molecular flexibility index (Phi) is 6.03. The van der Waals surface area contributed by atoms with Crippen LogP contribution >= 0.6 is 0 Å². The Hall–Kier alpha value is -4.07. The molecule has 172 valence electrons. The molecule has 1 saturated heterocycles. The fraction of sp³-hybridized carbons (Fsp3) is 0.269. The smallest absolute Gasteiger partial charge is 0.254 e. The number of ether oxygens (including phenoxy) is 1. The van der Waals surface area contributed by atoms with Gasteiger partial charge in [0.05, 0.1) is 31.2 Å². The van der Waals surface area contributed by atoms with E-state index in [-0.39, 0.29) is 11.9 Å². The lowest BCUT2D eigenvalue weighted by Gasteiger charge is -2.24. The van der Waals surface area contributed by atoms with Gasteiger partial charge in [-0.15, -0.1) is 0 Å². The summed E-state index contributed by atoms with van der Waals surface area (Å²) >= 11 is 0. The Bertz CT molecular complexity index is 1320. The van der Waals surface area contributed by atoms with Crippen LogP contribution < -0.4 is 4.74 Å². The third-order valence-corrected chi connectivity index (χ3v) is 6.19. The van der Waals surface area contributed by atoms with Crippen molar-refractivity contribution in [1.82, 2.24) is 29.4 Å². The highest BCUT2D eigenvalue weighted by Gasteiger charge is 2.32. The van der Waals surface area contributed by atoms with Crippen molar-refractivity contribution in [3.63, 3.8) is 0 Å². The van der Waals surface area contributed by atoms with Gasteiger partial charge in [-0.3, -0.25) is 14.8 Å². The first-order valence-corrected chi connectivity index (χ1v) is 11.3. The molecule has 1 amide bonds. The minimum atomic E-state index is -0.119. The predicted octanol–water partition coefficient (Wildman–Crippen LogP) is 3.85. The van der Waals surface area contributed by atoms with Crippen LogP contribution in [0.5, 0.6) is 5.75 Å². The average Bonchev–Trinajstić information content (AvgIpc) is 3.53. The number of hydrogen-bond donors (Lipinski definition) is 0. The van der Waals surface area contributed by atoms with Gasteiger partial charge in [-0.05, 0) is 31.0 Å². The van der Waals surface area contributed by atoms with E-state index < -0.39 is 0 Å². The van der Waals surface area contributed by atoms with Crippen LogP contribution in [0, 0.1) is 0 Å². The third kappa shape index (κ3) is 4.26. The van der Waals surface area contributed by atoms with E-state index in [4.69, 9.17) is 9.72 Å². The van der Waals surface area contributed by atoms with Crippen molar-refractivity contribution < 1.29 is 9.53 Å². The quantitative estimate of drug-likeness (QED) is 0.440. The van der Waals surface area contributed by atoms with Crippen LogP contribution in [-0.4, -0.2) is 49.0 Å². The number of imidazole rings is 1. The van der Waals surface area contributed by atoms with Gasteiger partial charge in [-0.25, -0.2) is 9.97 Å². The van der Waals surface area contributed by atoms with E-state index in [9.17, 15) is 4.79 Å². The number of methoxy groups -OCH3 is 1. The molecule has 1 fully saturated rings. The highest BCUT2D eigenvalue weighted by Crippen LogP contribution is 2.33. The van der Waals surface area contributed by atoms with Gasteiger partial charge in [-0.1, -0.05) is 18.2 Å². The Morgan fingerprint density at radius 2 is 2.03 bits per heavy atom. The van der Waals surface area contributed by atoms with E-state index in [0.29, 0.717) is 24.2 Å². The van der Waals surface area contributed by atoms with Crippen LogP contribution in [0.15, 0.2) is 67.4 Å².